The predicted octanol–water partition coefficient (Wildman–Crippen LogP) is 2.39. The number of carbonyl (C=O) groups is 2. The van der Waals surface area contributed by atoms with Crippen LogP contribution in [0.4, 0.5) is 13.2 Å². The Hall–Kier alpha value is -2.05. The monoisotopic (exact) mass is 287 g/mol. The van der Waals surface area contributed by atoms with Crippen molar-refractivity contribution in [3.8, 4) is 0 Å². The molecule has 7 heteroatoms. The van der Waals surface area contributed by atoms with Crippen LogP contribution in [0.2, 0.25) is 0 Å². The van der Waals surface area contributed by atoms with Crippen molar-refractivity contribution in [3.63, 3.8) is 0 Å². The van der Waals surface area contributed by atoms with Gasteiger partial charge in [-0.05, 0) is 31.0 Å². The number of hydrogen-bond donors (Lipinski definition) is 1. The molecule has 1 saturated heterocycles. The minimum absolute atomic E-state index is 0.145. The number of alkyl halides is 3. The molecule has 1 fully saturated rings. The summed E-state index contributed by atoms with van der Waals surface area (Å²) >= 11 is 0. The quantitative estimate of drug-likeness (QED) is 0.908. The van der Waals surface area contributed by atoms with Crippen LogP contribution in [0.5, 0.6) is 0 Å². The first-order valence-corrected chi connectivity index (χ1v) is 6.02. The molecule has 0 unspecified atom stereocenters. The van der Waals surface area contributed by atoms with E-state index in [2.05, 4.69) is 0 Å². The van der Waals surface area contributed by atoms with Gasteiger partial charge in [0.05, 0.1) is 5.56 Å². The number of halogens is 3. The first-order chi connectivity index (χ1) is 9.30. The molecule has 1 heterocycles. The molecule has 1 aromatic carbocycles. The number of carboxylic acid groups (broad SMARTS) is 1. The zero-order valence-electron chi connectivity index (χ0n) is 10.4. The molecular formula is C13H12F3NO3. The minimum Gasteiger partial charge on any atom is -0.480 e. The van der Waals surface area contributed by atoms with E-state index in [-0.39, 0.29) is 12.1 Å². The topological polar surface area (TPSA) is 57.6 Å². The average molecular weight is 287 g/mol. The molecule has 0 aliphatic carbocycles. The van der Waals surface area contributed by atoms with Gasteiger partial charge in [-0.2, -0.15) is 13.2 Å². The Morgan fingerprint density at radius 1 is 1.30 bits per heavy atom. The lowest BCUT2D eigenvalue weighted by Gasteiger charge is -2.21. The molecule has 0 bridgehead atoms. The molecule has 108 valence electrons. The molecule has 1 aromatic rings. The van der Waals surface area contributed by atoms with Gasteiger partial charge < -0.3 is 10.0 Å². The van der Waals surface area contributed by atoms with Gasteiger partial charge in [0.1, 0.15) is 6.04 Å². The van der Waals surface area contributed by atoms with E-state index in [1.54, 1.807) is 0 Å². The molecule has 0 saturated carbocycles. The first-order valence-electron chi connectivity index (χ1n) is 6.02. The fourth-order valence-electron chi connectivity index (χ4n) is 2.26. The molecule has 20 heavy (non-hydrogen) atoms. The van der Waals surface area contributed by atoms with Crippen molar-refractivity contribution in [2.75, 3.05) is 6.54 Å². The lowest BCUT2D eigenvalue weighted by atomic mass is 10.1. The molecule has 0 radical (unpaired) electrons. The van der Waals surface area contributed by atoms with E-state index in [1.807, 2.05) is 0 Å². The number of likely N-dealkylation sites (tertiary alicyclic amines) is 1. The van der Waals surface area contributed by atoms with Crippen molar-refractivity contribution >= 4 is 11.9 Å². The SMILES string of the molecule is O=C(O)[C@H]1CCCN1C(=O)c1cccc(C(F)(F)F)c1. The van der Waals surface area contributed by atoms with E-state index in [1.165, 1.54) is 6.07 Å². The third-order valence-electron chi connectivity index (χ3n) is 3.24. The maximum Gasteiger partial charge on any atom is 0.416 e. The predicted molar refractivity (Wildman–Crippen MR) is 63.1 cm³/mol. The summed E-state index contributed by atoms with van der Waals surface area (Å²) in [5, 5.41) is 8.99. The summed E-state index contributed by atoms with van der Waals surface area (Å²) in [5.74, 6) is -1.82. The number of nitrogens with zero attached hydrogens (tertiary/aromatic N) is 1. The molecule has 2 rings (SSSR count). The van der Waals surface area contributed by atoms with Gasteiger partial charge in [-0.25, -0.2) is 4.79 Å². The number of carbonyl (C=O) groups excluding carboxylic acids is 1. The summed E-state index contributed by atoms with van der Waals surface area (Å²) in [4.78, 5) is 24.2. The maximum absolute atomic E-state index is 12.6. The van der Waals surface area contributed by atoms with Gasteiger partial charge in [-0.3, -0.25) is 4.79 Å². The molecule has 0 spiro atoms. The summed E-state index contributed by atoms with van der Waals surface area (Å²) in [6, 6.07) is 3.06. The number of carboxylic acids is 1. The fraction of sp³-hybridized carbons (Fsp3) is 0.385. The lowest BCUT2D eigenvalue weighted by Crippen LogP contribution is -2.40. The van der Waals surface area contributed by atoms with Crippen LogP contribution >= 0.6 is 0 Å². The minimum atomic E-state index is -4.53. The molecule has 0 aromatic heterocycles. The highest BCUT2D eigenvalue weighted by Crippen LogP contribution is 2.30. The Morgan fingerprint density at radius 3 is 2.60 bits per heavy atom. The molecule has 1 atom stereocenters. The van der Waals surface area contributed by atoms with Gasteiger partial charge in [0.15, 0.2) is 0 Å². The van der Waals surface area contributed by atoms with Crippen LogP contribution in [-0.2, 0) is 11.0 Å². The lowest BCUT2D eigenvalue weighted by molar-refractivity contribution is -0.141. The summed E-state index contributed by atoms with van der Waals surface area (Å²) in [5.41, 5.74) is -1.07. The maximum atomic E-state index is 12.6. The Kier molecular flexibility index (Phi) is 3.69. The van der Waals surface area contributed by atoms with Crippen LogP contribution in [-0.4, -0.2) is 34.5 Å². The highest BCUT2D eigenvalue weighted by molar-refractivity contribution is 5.97. The number of rotatable bonds is 2. The van der Waals surface area contributed by atoms with Crippen molar-refractivity contribution in [1.82, 2.24) is 4.90 Å². The zero-order valence-corrected chi connectivity index (χ0v) is 10.4. The van der Waals surface area contributed by atoms with Crippen molar-refractivity contribution in [1.29, 1.82) is 0 Å². The van der Waals surface area contributed by atoms with Crippen molar-refractivity contribution in [3.05, 3.63) is 35.4 Å². The Balaban J connectivity index is 2.28. The van der Waals surface area contributed by atoms with Gasteiger partial charge in [-0.1, -0.05) is 6.07 Å². The molecular weight excluding hydrogens is 275 g/mol. The standard InChI is InChI=1S/C13H12F3NO3/c14-13(15,16)9-4-1-3-8(7-9)11(18)17-6-2-5-10(17)12(19)20/h1,3-4,7,10H,2,5-6H2,(H,19,20)/t10-/m1/s1. The molecule has 1 aliphatic heterocycles. The zero-order chi connectivity index (χ0) is 14.9. The summed E-state index contributed by atoms with van der Waals surface area (Å²) in [6.07, 6.45) is -3.69. The number of benzene rings is 1. The molecule has 4 nitrogen and oxygen atoms in total. The van der Waals surface area contributed by atoms with Crippen LogP contribution in [0.3, 0.4) is 0 Å². The summed E-state index contributed by atoms with van der Waals surface area (Å²) < 4.78 is 37.8. The number of amides is 1. The Labute approximate surface area is 112 Å². The highest BCUT2D eigenvalue weighted by atomic mass is 19.4. The largest absolute Gasteiger partial charge is 0.480 e. The van der Waals surface area contributed by atoms with Gasteiger partial charge in [0.25, 0.3) is 5.91 Å². The van der Waals surface area contributed by atoms with Crippen molar-refractivity contribution < 1.29 is 27.9 Å². The second kappa shape index (κ2) is 5.15. The van der Waals surface area contributed by atoms with Gasteiger partial charge >= 0.3 is 12.1 Å². The smallest absolute Gasteiger partial charge is 0.416 e. The summed E-state index contributed by atoms with van der Waals surface area (Å²) in [7, 11) is 0. The summed E-state index contributed by atoms with van der Waals surface area (Å²) in [6.45, 7) is 0.242. The van der Waals surface area contributed by atoms with Crippen LogP contribution in [0, 0.1) is 0 Å². The molecule has 1 N–H and O–H groups in total. The second-order valence-corrected chi connectivity index (χ2v) is 4.57. The third kappa shape index (κ3) is 2.76. The molecule has 1 aliphatic rings. The van der Waals surface area contributed by atoms with E-state index in [4.69, 9.17) is 5.11 Å². The van der Waals surface area contributed by atoms with Crippen LogP contribution in [0.1, 0.15) is 28.8 Å². The van der Waals surface area contributed by atoms with Gasteiger partial charge in [0, 0.05) is 12.1 Å². The van der Waals surface area contributed by atoms with Crippen LogP contribution < -0.4 is 0 Å². The highest BCUT2D eigenvalue weighted by Gasteiger charge is 2.36. The van der Waals surface area contributed by atoms with Crippen LogP contribution in [0.25, 0.3) is 0 Å². The van der Waals surface area contributed by atoms with Gasteiger partial charge in [0.2, 0.25) is 0 Å². The average Bonchev–Trinajstić information content (AvgIpc) is 2.86. The Bertz CT molecular complexity index is 542. The van der Waals surface area contributed by atoms with Gasteiger partial charge in [-0.15, -0.1) is 0 Å². The van der Waals surface area contributed by atoms with E-state index < -0.39 is 29.7 Å². The fourth-order valence-corrected chi connectivity index (χ4v) is 2.26. The second-order valence-electron chi connectivity index (χ2n) is 4.57. The normalized spacial score (nSPS) is 19.1. The number of aliphatic carboxylic acids is 1. The third-order valence-corrected chi connectivity index (χ3v) is 3.24. The Morgan fingerprint density at radius 2 is 2.00 bits per heavy atom. The molecule has 1 amide bonds. The van der Waals surface area contributed by atoms with E-state index in [0.29, 0.717) is 12.8 Å². The van der Waals surface area contributed by atoms with E-state index >= 15 is 0 Å². The van der Waals surface area contributed by atoms with E-state index in [0.717, 1.165) is 23.1 Å². The van der Waals surface area contributed by atoms with E-state index in [9.17, 15) is 22.8 Å². The first kappa shape index (κ1) is 14.4. The van der Waals surface area contributed by atoms with Crippen LogP contribution in [0.15, 0.2) is 24.3 Å². The van der Waals surface area contributed by atoms with Crippen molar-refractivity contribution in [2.45, 2.75) is 25.1 Å². The van der Waals surface area contributed by atoms with Crippen molar-refractivity contribution in [2.24, 2.45) is 0 Å². The number of hydrogen-bond acceptors (Lipinski definition) is 2.